The second-order valence-corrected chi connectivity index (χ2v) is 4.28. The van der Waals surface area contributed by atoms with Crippen LogP contribution in [0, 0.1) is 11.6 Å². The molecule has 0 bridgehead atoms. The van der Waals surface area contributed by atoms with Crippen LogP contribution < -0.4 is 5.32 Å². The lowest BCUT2D eigenvalue weighted by Crippen LogP contribution is -2.22. The summed E-state index contributed by atoms with van der Waals surface area (Å²) < 4.78 is 62.9. The Morgan fingerprint density at radius 2 is 1.89 bits per heavy atom. The van der Waals surface area contributed by atoms with Gasteiger partial charge in [-0.05, 0) is 37.6 Å². The highest BCUT2D eigenvalue weighted by Crippen LogP contribution is 2.27. The van der Waals surface area contributed by atoms with E-state index >= 15 is 0 Å². The molecule has 1 unspecified atom stereocenters. The first-order chi connectivity index (χ1) is 8.83. The summed E-state index contributed by atoms with van der Waals surface area (Å²) in [5.41, 5.74) is 0.0732. The molecule has 0 saturated heterocycles. The molecule has 1 atom stereocenters. The summed E-state index contributed by atoms with van der Waals surface area (Å²) in [7, 11) is 0. The Labute approximate surface area is 108 Å². The van der Waals surface area contributed by atoms with Crippen LogP contribution >= 0.6 is 0 Å². The first kappa shape index (κ1) is 15.9. The predicted octanol–water partition coefficient (Wildman–Crippen LogP) is 4.35. The lowest BCUT2D eigenvalue weighted by molar-refractivity contribution is -0.135. The smallest absolute Gasteiger partial charge is 0.310 e. The quantitative estimate of drug-likeness (QED) is 0.764. The van der Waals surface area contributed by atoms with Gasteiger partial charge < -0.3 is 5.32 Å². The molecule has 0 aliphatic rings. The van der Waals surface area contributed by atoms with E-state index in [0.717, 1.165) is 18.2 Å². The third-order valence-corrected chi connectivity index (χ3v) is 2.74. The molecule has 1 aromatic carbocycles. The van der Waals surface area contributed by atoms with Crippen LogP contribution in [0.3, 0.4) is 0 Å². The zero-order chi connectivity index (χ0) is 14.5. The van der Waals surface area contributed by atoms with E-state index in [1.807, 2.05) is 0 Å². The van der Waals surface area contributed by atoms with Gasteiger partial charge in [-0.1, -0.05) is 6.92 Å². The van der Waals surface area contributed by atoms with Crippen LogP contribution in [0.5, 0.6) is 0 Å². The highest BCUT2D eigenvalue weighted by Gasteiger charge is 2.27. The Bertz CT molecular complexity index is 403. The van der Waals surface area contributed by atoms with Crippen LogP contribution in [0.15, 0.2) is 18.2 Å². The number of halogens is 5. The molecule has 0 heterocycles. The fourth-order valence-electron chi connectivity index (χ4n) is 1.90. The lowest BCUT2D eigenvalue weighted by atomic mass is 10.00. The SMILES string of the molecule is CCNC(CCCC(F)(F)F)c1cc(F)ccc1F. The minimum Gasteiger partial charge on any atom is -0.310 e. The van der Waals surface area contributed by atoms with E-state index < -0.39 is 30.3 Å². The summed E-state index contributed by atoms with van der Waals surface area (Å²) in [6.07, 6.45) is -5.17. The number of hydrogen-bond acceptors (Lipinski definition) is 1. The molecular formula is C13H16F5N. The van der Waals surface area contributed by atoms with Gasteiger partial charge in [0.15, 0.2) is 0 Å². The molecule has 0 aromatic heterocycles. The average Bonchev–Trinajstić information content (AvgIpc) is 2.30. The van der Waals surface area contributed by atoms with Gasteiger partial charge in [0.2, 0.25) is 0 Å². The molecular weight excluding hydrogens is 265 g/mol. The summed E-state index contributed by atoms with van der Waals surface area (Å²) in [5, 5.41) is 2.88. The van der Waals surface area contributed by atoms with Crippen molar-refractivity contribution in [1.29, 1.82) is 0 Å². The minimum atomic E-state index is -4.22. The van der Waals surface area contributed by atoms with Crippen LogP contribution in [0.4, 0.5) is 22.0 Å². The maximum atomic E-state index is 13.6. The van der Waals surface area contributed by atoms with Gasteiger partial charge in [0.1, 0.15) is 11.6 Å². The van der Waals surface area contributed by atoms with Crippen LogP contribution in [0.2, 0.25) is 0 Å². The van der Waals surface area contributed by atoms with Crippen molar-refractivity contribution < 1.29 is 22.0 Å². The van der Waals surface area contributed by atoms with Crippen LogP contribution in [-0.4, -0.2) is 12.7 Å². The summed E-state index contributed by atoms with van der Waals surface area (Å²) in [6.45, 7) is 2.22. The maximum absolute atomic E-state index is 13.6. The van der Waals surface area contributed by atoms with Crippen molar-refractivity contribution in [2.24, 2.45) is 0 Å². The fourth-order valence-corrected chi connectivity index (χ4v) is 1.90. The van der Waals surface area contributed by atoms with E-state index in [4.69, 9.17) is 0 Å². The van der Waals surface area contributed by atoms with Gasteiger partial charge in [-0.2, -0.15) is 13.2 Å². The van der Waals surface area contributed by atoms with E-state index in [9.17, 15) is 22.0 Å². The van der Waals surface area contributed by atoms with Gasteiger partial charge in [-0.3, -0.25) is 0 Å². The Kier molecular flexibility index (Phi) is 5.72. The number of rotatable bonds is 6. The van der Waals surface area contributed by atoms with Crippen molar-refractivity contribution in [3.63, 3.8) is 0 Å². The molecule has 19 heavy (non-hydrogen) atoms. The zero-order valence-electron chi connectivity index (χ0n) is 10.5. The van der Waals surface area contributed by atoms with Crippen LogP contribution in [0.1, 0.15) is 37.8 Å². The van der Waals surface area contributed by atoms with E-state index in [1.54, 1.807) is 6.92 Å². The monoisotopic (exact) mass is 281 g/mol. The van der Waals surface area contributed by atoms with Gasteiger partial charge in [0.05, 0.1) is 0 Å². The Hall–Kier alpha value is -1.17. The first-order valence-electron chi connectivity index (χ1n) is 6.08. The molecule has 108 valence electrons. The maximum Gasteiger partial charge on any atom is 0.389 e. The standard InChI is InChI=1S/C13H16F5N/c1-2-19-12(4-3-7-13(16,17)18)10-8-9(14)5-6-11(10)15/h5-6,8,12,19H,2-4,7H2,1H3. The Morgan fingerprint density at radius 3 is 2.47 bits per heavy atom. The molecule has 0 saturated carbocycles. The van der Waals surface area contributed by atoms with Crippen molar-refractivity contribution in [3.8, 4) is 0 Å². The molecule has 6 heteroatoms. The summed E-state index contributed by atoms with van der Waals surface area (Å²) in [5.74, 6) is -1.21. The van der Waals surface area contributed by atoms with Gasteiger partial charge in [0, 0.05) is 18.0 Å². The molecule has 0 fully saturated rings. The largest absolute Gasteiger partial charge is 0.389 e. The number of hydrogen-bond donors (Lipinski definition) is 1. The van der Waals surface area contributed by atoms with Gasteiger partial charge >= 0.3 is 6.18 Å². The minimum absolute atomic E-state index is 0.0732. The lowest BCUT2D eigenvalue weighted by Gasteiger charge is -2.19. The topological polar surface area (TPSA) is 12.0 Å². The van der Waals surface area contributed by atoms with Gasteiger partial charge in [-0.25, -0.2) is 8.78 Å². The Balaban J connectivity index is 2.73. The molecule has 1 aromatic rings. The first-order valence-corrected chi connectivity index (χ1v) is 6.08. The molecule has 1 rings (SSSR count). The van der Waals surface area contributed by atoms with Crippen molar-refractivity contribution >= 4 is 0 Å². The highest BCUT2D eigenvalue weighted by molar-refractivity contribution is 5.22. The second-order valence-electron chi connectivity index (χ2n) is 4.28. The second kappa shape index (κ2) is 6.84. The predicted molar refractivity (Wildman–Crippen MR) is 62.7 cm³/mol. The summed E-state index contributed by atoms with van der Waals surface area (Å²) in [4.78, 5) is 0. The van der Waals surface area contributed by atoms with Crippen molar-refractivity contribution in [2.75, 3.05) is 6.54 Å². The van der Waals surface area contributed by atoms with Crippen LogP contribution in [0.25, 0.3) is 0 Å². The third-order valence-electron chi connectivity index (χ3n) is 2.74. The highest BCUT2D eigenvalue weighted by atomic mass is 19.4. The van der Waals surface area contributed by atoms with Crippen molar-refractivity contribution in [3.05, 3.63) is 35.4 Å². The summed E-state index contributed by atoms with van der Waals surface area (Å²) in [6, 6.07) is 2.38. The van der Waals surface area contributed by atoms with Crippen LogP contribution in [-0.2, 0) is 0 Å². The third kappa shape index (κ3) is 5.55. The molecule has 0 aliphatic heterocycles. The van der Waals surface area contributed by atoms with E-state index in [1.165, 1.54) is 0 Å². The molecule has 0 amide bonds. The zero-order valence-corrected chi connectivity index (χ0v) is 10.5. The van der Waals surface area contributed by atoms with Crippen molar-refractivity contribution in [2.45, 2.75) is 38.4 Å². The normalized spacial score (nSPS) is 13.6. The van der Waals surface area contributed by atoms with E-state index in [2.05, 4.69) is 5.32 Å². The molecule has 0 spiro atoms. The molecule has 0 aliphatic carbocycles. The van der Waals surface area contributed by atoms with Gasteiger partial charge in [0.25, 0.3) is 0 Å². The number of benzene rings is 1. The molecule has 1 N–H and O–H groups in total. The average molecular weight is 281 g/mol. The van der Waals surface area contributed by atoms with E-state index in [-0.39, 0.29) is 18.4 Å². The number of nitrogens with one attached hydrogen (secondary N) is 1. The number of alkyl halides is 3. The van der Waals surface area contributed by atoms with Crippen molar-refractivity contribution in [1.82, 2.24) is 5.32 Å². The molecule has 1 nitrogen and oxygen atoms in total. The summed E-state index contributed by atoms with van der Waals surface area (Å²) >= 11 is 0. The molecule has 0 radical (unpaired) electrons. The fraction of sp³-hybridized carbons (Fsp3) is 0.538. The van der Waals surface area contributed by atoms with Gasteiger partial charge in [-0.15, -0.1) is 0 Å². The van der Waals surface area contributed by atoms with E-state index in [0.29, 0.717) is 6.54 Å². The Morgan fingerprint density at radius 1 is 1.21 bits per heavy atom.